The average Bonchev–Trinajstić information content (AvgIpc) is 1.56. The smallest absolute Gasteiger partial charge is 0.309 e. The number of nitrogens with zero attached hydrogens (tertiary/aromatic N) is 1. The molecule has 1 aliphatic rings. The summed E-state index contributed by atoms with van der Waals surface area (Å²) in [5.41, 5.74) is 0. The van der Waals surface area contributed by atoms with Gasteiger partial charge in [0.05, 0.1) is 16.9 Å². The summed E-state index contributed by atoms with van der Waals surface area (Å²) in [5.74, 6) is -1.09. The van der Waals surface area contributed by atoms with Gasteiger partial charge in [0.2, 0.25) is 0 Å². The van der Waals surface area contributed by atoms with Gasteiger partial charge in [-0.2, -0.15) is 0 Å². The van der Waals surface area contributed by atoms with Crippen molar-refractivity contribution in [1.29, 1.82) is 0 Å². The highest BCUT2D eigenvalue weighted by Gasteiger charge is 2.34. The molecule has 0 spiro atoms. The van der Waals surface area contributed by atoms with Crippen molar-refractivity contribution in [2.24, 2.45) is 5.92 Å². The third kappa shape index (κ3) is 1.35. The van der Waals surface area contributed by atoms with E-state index in [0.29, 0.717) is 13.1 Å². The fourth-order valence-electron chi connectivity index (χ4n) is 0.804. The molecule has 0 radical (unpaired) electrons. The maximum absolute atomic E-state index is 10.6. The molecule has 0 aromatic heterocycles. The fraction of sp³-hybridized carbons (Fsp3) is 0.800. The van der Waals surface area contributed by atoms with Crippen LogP contribution in [0.5, 0.6) is 0 Å². The van der Waals surface area contributed by atoms with Crippen molar-refractivity contribution in [3.63, 3.8) is 0 Å². The first-order chi connectivity index (χ1) is 4.61. The molecule has 1 fully saturated rings. The Morgan fingerprint density at radius 1 is 1.70 bits per heavy atom. The second-order valence-electron chi connectivity index (χ2n) is 2.31. The SMILES string of the molecule is CS(=O)N1CC(C(=O)O)C1. The molecule has 1 heterocycles. The van der Waals surface area contributed by atoms with Gasteiger partial charge in [0.1, 0.15) is 0 Å². The van der Waals surface area contributed by atoms with Crippen LogP contribution < -0.4 is 0 Å². The Labute approximate surface area is 61.4 Å². The zero-order valence-corrected chi connectivity index (χ0v) is 6.43. The van der Waals surface area contributed by atoms with Crippen LogP contribution in [0.25, 0.3) is 0 Å². The predicted octanol–water partition coefficient (Wildman–Crippen LogP) is -0.704. The van der Waals surface area contributed by atoms with Crippen LogP contribution in [-0.4, -0.2) is 38.9 Å². The lowest BCUT2D eigenvalue weighted by atomic mass is 10.0. The zero-order chi connectivity index (χ0) is 7.72. The molecule has 0 aromatic carbocycles. The molecular weight excluding hydrogens is 154 g/mol. The molecule has 4 nitrogen and oxygen atoms in total. The Kier molecular flexibility index (Phi) is 2.05. The van der Waals surface area contributed by atoms with Crippen molar-refractivity contribution in [2.45, 2.75) is 0 Å². The third-order valence-corrected chi connectivity index (χ3v) is 2.59. The molecule has 0 saturated carbocycles. The van der Waals surface area contributed by atoms with Crippen LogP contribution in [0.15, 0.2) is 0 Å². The molecule has 5 heteroatoms. The van der Waals surface area contributed by atoms with E-state index in [0.717, 1.165) is 0 Å². The first kappa shape index (κ1) is 7.68. The van der Waals surface area contributed by atoms with Crippen molar-refractivity contribution >= 4 is 17.0 Å². The molecule has 1 aliphatic heterocycles. The summed E-state index contributed by atoms with van der Waals surface area (Å²) in [6, 6.07) is 0. The minimum atomic E-state index is -0.991. The zero-order valence-electron chi connectivity index (χ0n) is 5.61. The van der Waals surface area contributed by atoms with Gasteiger partial charge >= 0.3 is 5.97 Å². The first-order valence-corrected chi connectivity index (χ1v) is 4.44. The molecule has 1 rings (SSSR count). The Morgan fingerprint density at radius 2 is 2.20 bits per heavy atom. The minimum Gasteiger partial charge on any atom is -0.481 e. The van der Waals surface area contributed by atoms with Crippen molar-refractivity contribution < 1.29 is 14.1 Å². The van der Waals surface area contributed by atoms with Crippen LogP contribution in [0.2, 0.25) is 0 Å². The Balaban J connectivity index is 2.31. The highest BCUT2D eigenvalue weighted by molar-refractivity contribution is 7.81. The van der Waals surface area contributed by atoms with E-state index in [-0.39, 0.29) is 5.92 Å². The monoisotopic (exact) mass is 163 g/mol. The van der Waals surface area contributed by atoms with Gasteiger partial charge in [0, 0.05) is 19.3 Å². The standard InChI is InChI=1S/C5H9NO3S/c1-10(9)6-2-4(3-6)5(7)8/h4H,2-3H2,1H3,(H,7,8). The molecule has 1 atom stereocenters. The molecule has 1 unspecified atom stereocenters. The molecule has 1 saturated heterocycles. The number of aliphatic carboxylic acids is 1. The van der Waals surface area contributed by atoms with Gasteiger partial charge in [-0.25, -0.2) is 8.51 Å². The third-order valence-electron chi connectivity index (χ3n) is 1.56. The summed E-state index contributed by atoms with van der Waals surface area (Å²) in [6.45, 7) is 0.858. The van der Waals surface area contributed by atoms with Crippen molar-refractivity contribution in [3.8, 4) is 0 Å². The maximum Gasteiger partial charge on any atom is 0.309 e. The van der Waals surface area contributed by atoms with Gasteiger partial charge < -0.3 is 5.11 Å². The van der Waals surface area contributed by atoms with Gasteiger partial charge in [-0.3, -0.25) is 4.79 Å². The summed E-state index contributed by atoms with van der Waals surface area (Å²) in [6.07, 6.45) is 1.55. The lowest BCUT2D eigenvalue weighted by Gasteiger charge is -2.33. The van der Waals surface area contributed by atoms with Crippen LogP contribution in [-0.2, 0) is 15.8 Å². The van der Waals surface area contributed by atoms with Gasteiger partial charge in [0.25, 0.3) is 0 Å². The lowest BCUT2D eigenvalue weighted by Crippen LogP contribution is -2.50. The Hall–Kier alpha value is -0.420. The Morgan fingerprint density at radius 3 is 2.50 bits per heavy atom. The summed E-state index contributed by atoms with van der Waals surface area (Å²) in [7, 11) is -0.991. The highest BCUT2D eigenvalue weighted by Crippen LogP contribution is 2.16. The van der Waals surface area contributed by atoms with Crippen LogP contribution in [0.1, 0.15) is 0 Å². The van der Waals surface area contributed by atoms with Crippen molar-refractivity contribution in [2.75, 3.05) is 19.3 Å². The number of carboxylic acid groups (broad SMARTS) is 1. The normalized spacial score (nSPS) is 23.7. The van der Waals surface area contributed by atoms with Gasteiger partial charge in [-0.15, -0.1) is 0 Å². The minimum absolute atomic E-state index is 0.302. The molecule has 0 aliphatic carbocycles. The van der Waals surface area contributed by atoms with E-state index in [1.165, 1.54) is 0 Å². The van der Waals surface area contributed by atoms with Gasteiger partial charge in [0.15, 0.2) is 0 Å². The number of hydrogen-bond acceptors (Lipinski definition) is 2. The lowest BCUT2D eigenvalue weighted by molar-refractivity contribution is -0.145. The maximum atomic E-state index is 10.6. The molecule has 58 valence electrons. The summed E-state index contributed by atoms with van der Waals surface area (Å²) in [4.78, 5) is 10.2. The summed E-state index contributed by atoms with van der Waals surface area (Å²) < 4.78 is 12.3. The molecule has 0 aromatic rings. The number of carboxylic acids is 1. The van der Waals surface area contributed by atoms with E-state index in [9.17, 15) is 9.00 Å². The van der Waals surface area contributed by atoms with E-state index in [1.807, 2.05) is 0 Å². The molecule has 10 heavy (non-hydrogen) atoms. The highest BCUT2D eigenvalue weighted by atomic mass is 32.2. The molecular formula is C5H9NO3S. The van der Waals surface area contributed by atoms with E-state index in [4.69, 9.17) is 5.11 Å². The van der Waals surface area contributed by atoms with Crippen LogP contribution in [0.3, 0.4) is 0 Å². The second kappa shape index (κ2) is 2.67. The van der Waals surface area contributed by atoms with Crippen molar-refractivity contribution in [1.82, 2.24) is 4.31 Å². The van der Waals surface area contributed by atoms with Gasteiger partial charge in [-0.1, -0.05) is 0 Å². The first-order valence-electron chi connectivity index (χ1n) is 2.92. The molecule has 0 bridgehead atoms. The fourth-order valence-corrected chi connectivity index (χ4v) is 1.58. The largest absolute Gasteiger partial charge is 0.481 e. The van der Waals surface area contributed by atoms with E-state index in [1.54, 1.807) is 10.6 Å². The quantitative estimate of drug-likeness (QED) is 0.585. The predicted molar refractivity (Wildman–Crippen MR) is 36.8 cm³/mol. The summed E-state index contributed by atoms with van der Waals surface area (Å²) in [5, 5.41) is 8.41. The van der Waals surface area contributed by atoms with E-state index >= 15 is 0 Å². The second-order valence-corrected chi connectivity index (χ2v) is 3.67. The van der Waals surface area contributed by atoms with Crippen LogP contribution >= 0.6 is 0 Å². The average molecular weight is 163 g/mol. The van der Waals surface area contributed by atoms with Crippen molar-refractivity contribution in [3.05, 3.63) is 0 Å². The number of carbonyl (C=O) groups is 1. The van der Waals surface area contributed by atoms with Gasteiger partial charge in [-0.05, 0) is 0 Å². The molecule has 1 N–H and O–H groups in total. The van der Waals surface area contributed by atoms with Crippen LogP contribution in [0, 0.1) is 5.92 Å². The molecule has 0 amide bonds. The number of hydrogen-bond donors (Lipinski definition) is 1. The van der Waals surface area contributed by atoms with E-state index in [2.05, 4.69) is 0 Å². The summed E-state index contributed by atoms with van der Waals surface area (Å²) >= 11 is 0. The van der Waals surface area contributed by atoms with Crippen LogP contribution in [0.4, 0.5) is 0 Å². The topological polar surface area (TPSA) is 57.6 Å². The Bertz CT molecular complexity index is 158. The van der Waals surface area contributed by atoms with E-state index < -0.39 is 17.0 Å². The number of rotatable bonds is 2.